The molecule has 0 amide bonds. The Bertz CT molecular complexity index is 375. The lowest BCUT2D eigenvalue weighted by Gasteiger charge is -2.04. The minimum absolute atomic E-state index is 0.0422. The van der Waals surface area contributed by atoms with E-state index in [0.717, 1.165) is 4.47 Å². The Kier molecular flexibility index (Phi) is 3.62. The molecule has 70 valence electrons. The van der Waals surface area contributed by atoms with Gasteiger partial charge in [0, 0.05) is 29.7 Å². The largest absolute Gasteiger partial charge is 0.393 e. The summed E-state index contributed by atoms with van der Waals surface area (Å²) in [5, 5.41) is 0. The Morgan fingerprint density at radius 3 is 2.92 bits per heavy atom. The van der Waals surface area contributed by atoms with E-state index >= 15 is 0 Å². The van der Waals surface area contributed by atoms with E-state index in [4.69, 9.17) is 18.0 Å². The molecule has 0 atom stereocenters. The third kappa shape index (κ3) is 3.28. The first-order chi connectivity index (χ1) is 6.09. The van der Waals surface area contributed by atoms with E-state index in [0.29, 0.717) is 18.0 Å². The minimum atomic E-state index is -0.0422. The topological polar surface area (TPSA) is 48.0 Å². The molecule has 2 N–H and O–H groups in total. The highest BCUT2D eigenvalue weighted by molar-refractivity contribution is 9.10. The number of aryl methyl sites for hydroxylation is 1. The molecule has 0 spiro atoms. The highest BCUT2D eigenvalue weighted by atomic mass is 79.9. The third-order valence-corrected chi connectivity index (χ3v) is 2.22. The summed E-state index contributed by atoms with van der Waals surface area (Å²) < 4.78 is 2.44. The quantitative estimate of drug-likeness (QED) is 0.834. The standard InChI is InChI=1S/C8H9BrN2OS/c9-6-1-2-8(12)11(5-6)4-3-7(10)13/h1-2,5H,3-4H2,(H2,10,13). The number of hydrogen-bond acceptors (Lipinski definition) is 2. The highest BCUT2D eigenvalue weighted by Gasteiger charge is 1.97. The number of pyridine rings is 1. The van der Waals surface area contributed by atoms with Gasteiger partial charge in [-0.1, -0.05) is 12.2 Å². The van der Waals surface area contributed by atoms with Gasteiger partial charge in [0.25, 0.3) is 5.56 Å². The van der Waals surface area contributed by atoms with Crippen LogP contribution in [0.1, 0.15) is 6.42 Å². The molecule has 0 saturated carbocycles. The molecule has 3 nitrogen and oxygen atoms in total. The van der Waals surface area contributed by atoms with E-state index in [9.17, 15) is 4.79 Å². The summed E-state index contributed by atoms with van der Waals surface area (Å²) in [6.07, 6.45) is 2.27. The van der Waals surface area contributed by atoms with Crippen LogP contribution in [0.15, 0.2) is 27.6 Å². The van der Waals surface area contributed by atoms with Crippen molar-refractivity contribution in [2.75, 3.05) is 0 Å². The number of nitrogens with zero attached hydrogens (tertiary/aromatic N) is 1. The molecule has 0 fully saturated rings. The summed E-state index contributed by atoms with van der Waals surface area (Å²) in [4.78, 5) is 11.7. The van der Waals surface area contributed by atoms with Crippen molar-refractivity contribution in [1.82, 2.24) is 4.57 Å². The van der Waals surface area contributed by atoms with Crippen LogP contribution in [0, 0.1) is 0 Å². The molecule has 13 heavy (non-hydrogen) atoms. The number of aromatic nitrogens is 1. The fraction of sp³-hybridized carbons (Fsp3) is 0.250. The van der Waals surface area contributed by atoms with Gasteiger partial charge in [0.05, 0.1) is 4.99 Å². The number of thiocarbonyl (C=S) groups is 1. The molecular formula is C8H9BrN2OS. The second-order valence-electron chi connectivity index (χ2n) is 2.60. The molecular weight excluding hydrogens is 252 g/mol. The van der Waals surface area contributed by atoms with E-state index < -0.39 is 0 Å². The average Bonchev–Trinajstić information content (AvgIpc) is 2.06. The van der Waals surface area contributed by atoms with Gasteiger partial charge in [-0.3, -0.25) is 4.79 Å². The van der Waals surface area contributed by atoms with Crippen molar-refractivity contribution in [1.29, 1.82) is 0 Å². The van der Waals surface area contributed by atoms with Gasteiger partial charge in [-0.15, -0.1) is 0 Å². The molecule has 0 unspecified atom stereocenters. The summed E-state index contributed by atoms with van der Waals surface area (Å²) in [6.45, 7) is 0.535. The summed E-state index contributed by atoms with van der Waals surface area (Å²) in [5.74, 6) is 0. The van der Waals surface area contributed by atoms with E-state index in [2.05, 4.69) is 15.9 Å². The first-order valence-corrected chi connectivity index (χ1v) is 4.94. The molecule has 0 bridgehead atoms. The predicted molar refractivity (Wildman–Crippen MR) is 59.8 cm³/mol. The molecule has 0 aromatic carbocycles. The van der Waals surface area contributed by atoms with Crippen molar-refractivity contribution in [2.24, 2.45) is 5.73 Å². The second-order valence-corrected chi connectivity index (χ2v) is 4.04. The SMILES string of the molecule is NC(=S)CCn1cc(Br)ccc1=O. The smallest absolute Gasteiger partial charge is 0.250 e. The number of rotatable bonds is 3. The van der Waals surface area contributed by atoms with Crippen LogP contribution in [0.2, 0.25) is 0 Å². The van der Waals surface area contributed by atoms with E-state index in [1.807, 2.05) is 0 Å². The first-order valence-electron chi connectivity index (χ1n) is 3.74. The van der Waals surface area contributed by atoms with Gasteiger partial charge in [0.2, 0.25) is 0 Å². The Morgan fingerprint density at radius 1 is 1.62 bits per heavy atom. The van der Waals surface area contributed by atoms with Crippen LogP contribution in [0.25, 0.3) is 0 Å². The second kappa shape index (κ2) is 4.53. The molecule has 0 saturated heterocycles. The normalized spacial score (nSPS) is 9.92. The van der Waals surface area contributed by atoms with Crippen LogP contribution in [0.5, 0.6) is 0 Å². The third-order valence-electron chi connectivity index (χ3n) is 1.55. The molecule has 1 aromatic heterocycles. The zero-order valence-corrected chi connectivity index (χ0v) is 9.27. The van der Waals surface area contributed by atoms with Crippen LogP contribution in [-0.2, 0) is 6.54 Å². The van der Waals surface area contributed by atoms with Gasteiger partial charge in [-0.05, 0) is 22.0 Å². The molecule has 0 radical (unpaired) electrons. The Labute approximate surface area is 89.7 Å². The van der Waals surface area contributed by atoms with Crippen LogP contribution in [0.3, 0.4) is 0 Å². The Morgan fingerprint density at radius 2 is 2.31 bits per heavy atom. The van der Waals surface area contributed by atoms with Gasteiger partial charge in [-0.2, -0.15) is 0 Å². The zero-order valence-electron chi connectivity index (χ0n) is 6.87. The molecule has 1 heterocycles. The van der Waals surface area contributed by atoms with Gasteiger partial charge in [-0.25, -0.2) is 0 Å². The Balaban J connectivity index is 2.82. The van der Waals surface area contributed by atoms with Crippen molar-refractivity contribution in [3.8, 4) is 0 Å². The minimum Gasteiger partial charge on any atom is -0.393 e. The zero-order chi connectivity index (χ0) is 9.84. The van der Waals surface area contributed by atoms with Gasteiger partial charge >= 0.3 is 0 Å². The van der Waals surface area contributed by atoms with Crippen LogP contribution < -0.4 is 11.3 Å². The number of hydrogen-bond donors (Lipinski definition) is 1. The van der Waals surface area contributed by atoms with Crippen molar-refractivity contribution < 1.29 is 0 Å². The predicted octanol–water partition coefficient (Wildman–Crippen LogP) is 1.29. The molecule has 0 aliphatic carbocycles. The summed E-state index contributed by atoms with van der Waals surface area (Å²) in [7, 11) is 0. The molecule has 5 heteroatoms. The van der Waals surface area contributed by atoms with Crippen LogP contribution >= 0.6 is 28.1 Å². The van der Waals surface area contributed by atoms with Crippen molar-refractivity contribution >= 4 is 33.1 Å². The molecule has 1 rings (SSSR count). The number of nitrogens with two attached hydrogens (primary N) is 1. The molecule has 0 aliphatic heterocycles. The van der Waals surface area contributed by atoms with E-state index in [1.165, 1.54) is 6.07 Å². The highest BCUT2D eigenvalue weighted by Crippen LogP contribution is 2.04. The van der Waals surface area contributed by atoms with E-state index in [1.54, 1.807) is 16.8 Å². The number of halogens is 1. The molecule has 0 aliphatic rings. The fourth-order valence-corrected chi connectivity index (χ4v) is 1.38. The van der Waals surface area contributed by atoms with Crippen LogP contribution in [0.4, 0.5) is 0 Å². The fourth-order valence-electron chi connectivity index (χ4n) is 0.908. The average molecular weight is 261 g/mol. The maximum absolute atomic E-state index is 11.2. The van der Waals surface area contributed by atoms with Gasteiger partial charge in [0.1, 0.15) is 0 Å². The van der Waals surface area contributed by atoms with E-state index in [-0.39, 0.29) is 5.56 Å². The van der Waals surface area contributed by atoms with Crippen molar-refractivity contribution in [2.45, 2.75) is 13.0 Å². The van der Waals surface area contributed by atoms with Gasteiger partial charge in [0.15, 0.2) is 0 Å². The lowest BCUT2D eigenvalue weighted by atomic mass is 10.4. The maximum atomic E-state index is 11.2. The summed E-state index contributed by atoms with van der Waals surface area (Å²) >= 11 is 8.00. The van der Waals surface area contributed by atoms with Crippen molar-refractivity contribution in [3.63, 3.8) is 0 Å². The Hall–Kier alpha value is -0.680. The maximum Gasteiger partial charge on any atom is 0.250 e. The molecule has 1 aromatic rings. The van der Waals surface area contributed by atoms with Crippen LogP contribution in [-0.4, -0.2) is 9.56 Å². The van der Waals surface area contributed by atoms with Crippen molar-refractivity contribution in [3.05, 3.63) is 33.2 Å². The lowest BCUT2D eigenvalue weighted by Crippen LogP contribution is -2.21. The monoisotopic (exact) mass is 260 g/mol. The summed E-state index contributed by atoms with van der Waals surface area (Å²) in [6, 6.07) is 3.21. The lowest BCUT2D eigenvalue weighted by molar-refractivity contribution is 0.693. The summed E-state index contributed by atoms with van der Waals surface area (Å²) in [5.41, 5.74) is 5.29. The first kappa shape index (κ1) is 10.4. The van der Waals surface area contributed by atoms with Gasteiger partial charge < -0.3 is 10.3 Å².